The second-order valence-electron chi connectivity index (χ2n) is 8.85. The summed E-state index contributed by atoms with van der Waals surface area (Å²) in [6.45, 7) is 2.12. The molecule has 4 rings (SSSR count). The normalized spacial score (nSPS) is 14.5. The number of alkyl carbamates (subject to hydrolysis) is 1. The third kappa shape index (κ3) is 6.46. The number of benzene rings is 1. The van der Waals surface area contributed by atoms with Gasteiger partial charge in [0.25, 0.3) is 0 Å². The van der Waals surface area contributed by atoms with Crippen LogP contribution in [-0.4, -0.2) is 60.4 Å². The Kier molecular flexibility index (Phi) is 7.83. The first-order chi connectivity index (χ1) is 17.5. The number of H-pyrrole nitrogens is 1. The molecule has 1 amide bonds. The average Bonchev–Trinajstić information content (AvgIpc) is 3.22. The van der Waals surface area contributed by atoms with Crippen molar-refractivity contribution in [1.82, 2.24) is 25.3 Å². The summed E-state index contributed by atoms with van der Waals surface area (Å²) < 4.78 is 45.0. The fourth-order valence-electron chi connectivity index (χ4n) is 3.82. The van der Waals surface area contributed by atoms with E-state index in [1.165, 1.54) is 13.2 Å². The molecule has 0 radical (unpaired) electrons. The van der Waals surface area contributed by atoms with E-state index in [4.69, 9.17) is 16.6 Å². The van der Waals surface area contributed by atoms with Crippen LogP contribution in [0.2, 0.25) is 5.02 Å². The molecule has 198 valence electrons. The van der Waals surface area contributed by atoms with Crippen LogP contribution >= 0.6 is 11.6 Å². The molecule has 1 saturated carbocycles. The van der Waals surface area contributed by atoms with Gasteiger partial charge in [0, 0.05) is 30.3 Å². The maximum Gasteiger partial charge on any atom is 0.407 e. The zero-order chi connectivity index (χ0) is 26.7. The molecule has 0 aliphatic heterocycles. The first-order valence-electron chi connectivity index (χ1n) is 11.5. The number of hydrogen-bond acceptors (Lipinski definition) is 8. The molecule has 1 aliphatic carbocycles. The molecule has 4 N–H and O–H groups in total. The van der Waals surface area contributed by atoms with E-state index in [2.05, 4.69) is 35.0 Å². The van der Waals surface area contributed by atoms with E-state index < -0.39 is 21.9 Å². The predicted molar refractivity (Wildman–Crippen MR) is 139 cm³/mol. The quantitative estimate of drug-likeness (QED) is 0.310. The van der Waals surface area contributed by atoms with Gasteiger partial charge in [0.15, 0.2) is 0 Å². The molecule has 2 aromatic heterocycles. The topological polar surface area (TPSA) is 151 Å². The third-order valence-electron chi connectivity index (χ3n) is 5.83. The number of carbonyl (C=O) groups is 1. The Morgan fingerprint density at radius 1 is 1.32 bits per heavy atom. The summed E-state index contributed by atoms with van der Waals surface area (Å²) in [5, 5.41) is 5.71. The molecule has 14 heteroatoms. The lowest BCUT2D eigenvalue weighted by Crippen LogP contribution is -2.37. The first-order valence-corrected chi connectivity index (χ1v) is 13.8. The zero-order valence-electron chi connectivity index (χ0n) is 20.4. The fraction of sp³-hybridized carbons (Fsp3) is 0.391. The number of anilines is 2. The van der Waals surface area contributed by atoms with Crippen LogP contribution in [0.25, 0.3) is 22.6 Å². The van der Waals surface area contributed by atoms with Crippen molar-refractivity contribution < 1.29 is 22.3 Å². The van der Waals surface area contributed by atoms with Crippen molar-refractivity contribution in [2.75, 3.05) is 29.9 Å². The van der Waals surface area contributed by atoms with Gasteiger partial charge in [0.2, 0.25) is 16.0 Å². The number of hydrogen-bond donors (Lipinski definition) is 4. The van der Waals surface area contributed by atoms with Crippen LogP contribution in [0, 0.1) is 5.82 Å². The smallest absolute Gasteiger partial charge is 0.407 e. The minimum absolute atomic E-state index is 0.00912. The maximum atomic E-state index is 14.6. The van der Waals surface area contributed by atoms with Crippen LogP contribution in [0.15, 0.2) is 24.4 Å². The number of nitrogens with zero attached hydrogens (tertiary/aromatic N) is 3. The average molecular weight is 552 g/mol. The lowest BCUT2D eigenvalue weighted by molar-refractivity contribution is 0.168. The van der Waals surface area contributed by atoms with E-state index in [0.29, 0.717) is 29.6 Å². The largest absolute Gasteiger partial charge is 0.453 e. The van der Waals surface area contributed by atoms with Gasteiger partial charge in [-0.1, -0.05) is 18.0 Å². The third-order valence-corrected chi connectivity index (χ3v) is 6.83. The van der Waals surface area contributed by atoms with Crippen LogP contribution in [0.1, 0.15) is 37.9 Å². The van der Waals surface area contributed by atoms with Gasteiger partial charge in [-0.25, -0.2) is 32.6 Å². The Morgan fingerprint density at radius 3 is 2.73 bits per heavy atom. The summed E-state index contributed by atoms with van der Waals surface area (Å²) in [7, 11) is -2.42. The number of rotatable bonds is 9. The number of sulfonamides is 1. The summed E-state index contributed by atoms with van der Waals surface area (Å²) in [6.07, 6.45) is 4.97. The van der Waals surface area contributed by atoms with Crippen molar-refractivity contribution in [3.05, 3.63) is 41.1 Å². The highest BCUT2D eigenvalue weighted by molar-refractivity contribution is 7.92. The van der Waals surface area contributed by atoms with Gasteiger partial charge >= 0.3 is 6.09 Å². The van der Waals surface area contributed by atoms with Crippen LogP contribution in [-0.2, 0) is 14.8 Å². The van der Waals surface area contributed by atoms with E-state index in [1.807, 2.05) is 0 Å². The number of aromatic amines is 1. The number of carbonyl (C=O) groups excluding carboxylic acids is 1. The van der Waals surface area contributed by atoms with Gasteiger partial charge in [-0.2, -0.15) is 0 Å². The lowest BCUT2D eigenvalue weighted by Gasteiger charge is -2.22. The van der Waals surface area contributed by atoms with E-state index in [-0.39, 0.29) is 28.2 Å². The van der Waals surface area contributed by atoms with E-state index in [9.17, 15) is 17.6 Å². The van der Waals surface area contributed by atoms with Crippen LogP contribution in [0.3, 0.4) is 0 Å². The van der Waals surface area contributed by atoms with Gasteiger partial charge in [0.05, 0.1) is 41.2 Å². The molecule has 1 atom stereocenters. The minimum atomic E-state index is -3.70. The molecule has 0 unspecified atom stereocenters. The van der Waals surface area contributed by atoms with Gasteiger partial charge < -0.3 is 20.4 Å². The Balaban J connectivity index is 1.72. The minimum Gasteiger partial charge on any atom is -0.453 e. The van der Waals surface area contributed by atoms with Crippen molar-refractivity contribution in [3.63, 3.8) is 0 Å². The monoisotopic (exact) mass is 551 g/mol. The maximum absolute atomic E-state index is 14.6. The molecule has 0 spiro atoms. The highest BCUT2D eigenvalue weighted by Crippen LogP contribution is 2.42. The first kappa shape index (κ1) is 26.6. The van der Waals surface area contributed by atoms with Gasteiger partial charge in [0.1, 0.15) is 11.6 Å². The molecule has 1 aromatic carbocycles. The molecule has 2 heterocycles. The van der Waals surface area contributed by atoms with Crippen molar-refractivity contribution in [3.8, 4) is 22.6 Å². The summed E-state index contributed by atoms with van der Waals surface area (Å²) in [4.78, 5) is 28.3. The number of ether oxygens (including phenoxy) is 1. The molecule has 0 bridgehead atoms. The summed E-state index contributed by atoms with van der Waals surface area (Å²) in [6, 6.07) is 3.63. The number of halogens is 2. The highest BCUT2D eigenvalue weighted by atomic mass is 35.5. The van der Waals surface area contributed by atoms with Gasteiger partial charge in [-0.15, -0.1) is 0 Å². The van der Waals surface area contributed by atoms with Crippen molar-refractivity contribution in [2.24, 2.45) is 0 Å². The van der Waals surface area contributed by atoms with Crippen molar-refractivity contribution >= 4 is 39.4 Å². The van der Waals surface area contributed by atoms with Crippen LogP contribution in [0.5, 0.6) is 0 Å². The summed E-state index contributed by atoms with van der Waals surface area (Å²) in [5.74, 6) is 0.560. The number of aromatic nitrogens is 4. The van der Waals surface area contributed by atoms with Crippen molar-refractivity contribution in [1.29, 1.82) is 0 Å². The Labute approximate surface area is 218 Å². The predicted octanol–water partition coefficient (Wildman–Crippen LogP) is 4.12. The zero-order valence-corrected chi connectivity index (χ0v) is 22.0. The number of amides is 1. The van der Waals surface area contributed by atoms with Crippen molar-refractivity contribution in [2.45, 2.75) is 38.1 Å². The van der Waals surface area contributed by atoms with E-state index in [0.717, 1.165) is 37.4 Å². The second kappa shape index (κ2) is 10.9. The summed E-state index contributed by atoms with van der Waals surface area (Å²) >= 11 is 6.55. The van der Waals surface area contributed by atoms with E-state index >= 15 is 0 Å². The second-order valence-corrected chi connectivity index (χ2v) is 11.0. The molecular formula is C23H27ClFN7O4S. The molecule has 1 fully saturated rings. The number of methoxy groups -OCH3 is 1. The Morgan fingerprint density at radius 2 is 2.08 bits per heavy atom. The number of imidazole rings is 1. The lowest BCUT2D eigenvalue weighted by atomic mass is 9.85. The highest BCUT2D eigenvalue weighted by Gasteiger charge is 2.27. The fourth-order valence-corrected chi connectivity index (χ4v) is 4.68. The summed E-state index contributed by atoms with van der Waals surface area (Å²) in [5.41, 5.74) is 1.43. The number of nitrogens with one attached hydrogen (secondary N) is 4. The van der Waals surface area contributed by atoms with Gasteiger partial charge in [-0.3, -0.25) is 4.72 Å². The SMILES string of the molecule is COC(=O)N[C@@H](C)CNc1nccc(-c2[nH]c(C3CCC3)nc2-c2cc(F)cc(NS(C)(=O)=O)c2Cl)n1. The van der Waals surface area contributed by atoms with Crippen LogP contribution in [0.4, 0.5) is 20.8 Å². The molecule has 0 saturated heterocycles. The molecule has 11 nitrogen and oxygen atoms in total. The van der Waals surface area contributed by atoms with Gasteiger partial charge in [-0.05, 0) is 38.0 Å². The van der Waals surface area contributed by atoms with Crippen LogP contribution < -0.4 is 15.4 Å². The Hall–Kier alpha value is -3.45. The molecule has 37 heavy (non-hydrogen) atoms. The molecule has 3 aromatic rings. The standard InChI is InChI=1S/C23H27ClFN7O4S/c1-12(28-23(33)36-2)11-27-22-26-8-7-16(29-22)20-19(30-21(31-20)13-5-4-6-13)15-9-14(25)10-17(18(15)24)32-37(3,34)35/h7-10,12-13,32H,4-6,11H2,1-3H3,(H,28,33)(H,30,31)(H,26,27,29)/t12-/m0/s1. The Bertz CT molecular complexity index is 1410. The molecule has 1 aliphatic rings. The molecular weight excluding hydrogens is 525 g/mol. The van der Waals surface area contributed by atoms with E-state index in [1.54, 1.807) is 19.2 Å².